The van der Waals surface area contributed by atoms with Crippen LogP contribution >= 0.6 is 11.6 Å². The Morgan fingerprint density at radius 1 is 1.22 bits per heavy atom. The third-order valence-electron chi connectivity index (χ3n) is 7.19. The van der Waals surface area contributed by atoms with Gasteiger partial charge in [-0.2, -0.15) is 0 Å². The number of rotatable bonds is 9. The summed E-state index contributed by atoms with van der Waals surface area (Å²) < 4.78 is 20.8. The number of likely N-dealkylation sites (tertiary alicyclic amines) is 1. The van der Waals surface area contributed by atoms with Crippen LogP contribution in [-0.2, 0) is 4.79 Å². The minimum absolute atomic E-state index is 0.124. The number of piperidine rings is 1. The highest BCUT2D eigenvalue weighted by atomic mass is 35.5. The smallest absolute Gasteiger partial charge is 0.303 e. The van der Waals surface area contributed by atoms with Crippen LogP contribution in [-0.4, -0.2) is 47.7 Å². The standard InChI is InChI=1S/C30H32ClFN2O3/c1-37-25-10-12-29-27(19-25)26(14-16-33-29)28(32)11-6-22-15-18-34(20-23(22)7-13-30(35)36)17-2-3-21-4-8-24(31)9-5-21/h4-5,8-10,12,14,16,19,22-23,28H,6-7,11,13,15,17-18,20H2,1H3,(H,35,36)/t22-,23+,28?/m1/s1. The number of pyridine rings is 1. The largest absolute Gasteiger partial charge is 0.497 e. The van der Waals surface area contributed by atoms with Gasteiger partial charge in [-0.05, 0) is 98.2 Å². The number of aliphatic carboxylic acids is 1. The number of nitrogens with zero attached hydrogens (tertiary/aromatic N) is 2. The van der Waals surface area contributed by atoms with Gasteiger partial charge in [-0.3, -0.25) is 14.7 Å². The molecule has 3 aromatic rings. The average molecular weight is 523 g/mol. The summed E-state index contributed by atoms with van der Waals surface area (Å²) in [7, 11) is 1.59. The highest BCUT2D eigenvalue weighted by molar-refractivity contribution is 6.30. The van der Waals surface area contributed by atoms with Crippen molar-refractivity contribution in [1.29, 1.82) is 0 Å². The van der Waals surface area contributed by atoms with Crippen LogP contribution in [0.5, 0.6) is 5.75 Å². The van der Waals surface area contributed by atoms with E-state index in [2.05, 4.69) is 21.7 Å². The minimum Gasteiger partial charge on any atom is -0.497 e. The van der Waals surface area contributed by atoms with E-state index in [-0.39, 0.29) is 18.3 Å². The fourth-order valence-corrected chi connectivity index (χ4v) is 5.29. The molecule has 1 aromatic heterocycles. The molecule has 1 fully saturated rings. The number of carboxylic acid groups (broad SMARTS) is 1. The number of fused-ring (bicyclic) bond motifs is 1. The third kappa shape index (κ3) is 7.44. The Balaban J connectivity index is 1.39. The van der Waals surface area contributed by atoms with Gasteiger partial charge < -0.3 is 9.84 Å². The number of hydrogen-bond donors (Lipinski definition) is 1. The van der Waals surface area contributed by atoms with Gasteiger partial charge in [-0.15, -0.1) is 0 Å². The molecule has 3 atom stereocenters. The molecule has 2 aromatic carbocycles. The number of benzene rings is 2. The van der Waals surface area contributed by atoms with Gasteiger partial charge in [0.1, 0.15) is 11.9 Å². The number of methoxy groups -OCH3 is 1. The van der Waals surface area contributed by atoms with E-state index in [4.69, 9.17) is 16.3 Å². The Bertz CT molecular complexity index is 1270. The normalized spacial score (nSPS) is 18.7. The Morgan fingerprint density at radius 2 is 2.03 bits per heavy atom. The van der Waals surface area contributed by atoms with Gasteiger partial charge in [-0.25, -0.2) is 4.39 Å². The van der Waals surface area contributed by atoms with E-state index in [1.165, 1.54) is 0 Å². The van der Waals surface area contributed by atoms with Gasteiger partial charge in [0.25, 0.3) is 0 Å². The van der Waals surface area contributed by atoms with Crippen molar-refractivity contribution in [1.82, 2.24) is 9.88 Å². The zero-order valence-corrected chi connectivity index (χ0v) is 21.8. The monoisotopic (exact) mass is 522 g/mol. The highest BCUT2D eigenvalue weighted by Crippen LogP contribution is 2.36. The number of hydrogen-bond acceptors (Lipinski definition) is 4. The fourth-order valence-electron chi connectivity index (χ4n) is 5.16. The van der Waals surface area contributed by atoms with Crippen LogP contribution in [0.25, 0.3) is 10.9 Å². The molecule has 0 spiro atoms. The van der Waals surface area contributed by atoms with Crippen molar-refractivity contribution in [2.75, 3.05) is 26.7 Å². The second-order valence-electron chi connectivity index (χ2n) is 9.61. The van der Waals surface area contributed by atoms with Gasteiger partial charge in [0, 0.05) is 35.1 Å². The molecule has 7 heteroatoms. The summed E-state index contributed by atoms with van der Waals surface area (Å²) in [6.45, 7) is 2.27. The van der Waals surface area contributed by atoms with E-state index in [1.54, 1.807) is 19.4 Å². The summed E-state index contributed by atoms with van der Waals surface area (Å²) >= 11 is 5.94. The van der Waals surface area contributed by atoms with E-state index < -0.39 is 12.1 Å². The molecule has 1 aliphatic heterocycles. The van der Waals surface area contributed by atoms with Crippen LogP contribution in [0.15, 0.2) is 54.7 Å². The molecule has 4 rings (SSSR count). The molecule has 0 bridgehead atoms. The van der Waals surface area contributed by atoms with Gasteiger partial charge in [0.05, 0.1) is 19.2 Å². The van der Waals surface area contributed by atoms with Crippen LogP contribution in [0.1, 0.15) is 49.4 Å². The van der Waals surface area contributed by atoms with Crippen molar-refractivity contribution in [3.8, 4) is 17.6 Å². The molecule has 0 amide bonds. The molecule has 1 unspecified atom stereocenters. The maximum absolute atomic E-state index is 15.5. The summed E-state index contributed by atoms with van der Waals surface area (Å²) in [5, 5.41) is 10.7. The van der Waals surface area contributed by atoms with E-state index in [9.17, 15) is 9.90 Å². The van der Waals surface area contributed by atoms with Crippen molar-refractivity contribution in [2.24, 2.45) is 11.8 Å². The Morgan fingerprint density at radius 3 is 2.78 bits per heavy atom. The van der Waals surface area contributed by atoms with Crippen LogP contribution in [0.2, 0.25) is 5.02 Å². The fraction of sp³-hybridized carbons (Fsp3) is 0.400. The maximum Gasteiger partial charge on any atom is 0.303 e. The van der Waals surface area contributed by atoms with E-state index in [1.807, 2.05) is 42.5 Å². The van der Waals surface area contributed by atoms with Crippen molar-refractivity contribution in [2.45, 2.75) is 38.3 Å². The second kappa shape index (κ2) is 12.9. The Hall–Kier alpha value is -3.14. The van der Waals surface area contributed by atoms with Gasteiger partial charge in [0.2, 0.25) is 0 Å². The minimum atomic E-state index is -1.12. The number of alkyl halides is 1. The predicted octanol–water partition coefficient (Wildman–Crippen LogP) is 6.54. The van der Waals surface area contributed by atoms with E-state index in [0.717, 1.165) is 36.0 Å². The molecular formula is C30H32ClFN2O3. The second-order valence-corrected chi connectivity index (χ2v) is 10.0. The lowest BCUT2D eigenvalue weighted by molar-refractivity contribution is -0.137. The molecule has 1 N–H and O–H groups in total. The molecule has 37 heavy (non-hydrogen) atoms. The summed E-state index contributed by atoms with van der Waals surface area (Å²) in [6, 6.07) is 14.7. The Labute approximate surface area is 222 Å². The van der Waals surface area contributed by atoms with Crippen LogP contribution < -0.4 is 4.74 Å². The topological polar surface area (TPSA) is 62.7 Å². The first-order valence-electron chi connectivity index (χ1n) is 12.7. The first-order valence-corrected chi connectivity index (χ1v) is 13.1. The predicted molar refractivity (Wildman–Crippen MR) is 145 cm³/mol. The van der Waals surface area contributed by atoms with Gasteiger partial charge in [-0.1, -0.05) is 23.4 Å². The van der Waals surface area contributed by atoms with E-state index in [0.29, 0.717) is 42.1 Å². The zero-order valence-electron chi connectivity index (χ0n) is 21.0. The van der Waals surface area contributed by atoms with E-state index >= 15 is 4.39 Å². The molecule has 0 saturated carbocycles. The van der Waals surface area contributed by atoms with Crippen LogP contribution in [0, 0.1) is 23.7 Å². The third-order valence-corrected chi connectivity index (χ3v) is 7.45. The molecular weight excluding hydrogens is 491 g/mol. The SMILES string of the molecule is COc1ccc2nccc(C(F)CC[C@@H]3CCN(CC#Cc4ccc(Cl)cc4)C[C@@H]3CCC(=O)O)c2c1. The number of halogens is 2. The molecule has 0 aliphatic carbocycles. The quantitative estimate of drug-likeness (QED) is 0.323. The number of carbonyl (C=O) groups is 1. The molecule has 1 aliphatic rings. The molecule has 0 radical (unpaired) electrons. The van der Waals surface area contributed by atoms with Crippen molar-refractivity contribution < 1.29 is 19.0 Å². The summed E-state index contributed by atoms with van der Waals surface area (Å²) in [5.74, 6) is 6.76. The van der Waals surface area contributed by atoms with Crippen LogP contribution in [0.3, 0.4) is 0 Å². The number of ether oxygens (including phenoxy) is 1. The summed E-state index contributed by atoms with van der Waals surface area (Å²) in [6.07, 6.45) is 3.25. The highest BCUT2D eigenvalue weighted by Gasteiger charge is 2.30. The lowest BCUT2D eigenvalue weighted by atomic mass is 9.79. The molecule has 5 nitrogen and oxygen atoms in total. The lowest BCUT2D eigenvalue weighted by Gasteiger charge is -2.38. The number of aromatic nitrogens is 1. The average Bonchev–Trinajstić information content (AvgIpc) is 2.91. The van der Waals surface area contributed by atoms with Crippen molar-refractivity contribution in [3.63, 3.8) is 0 Å². The summed E-state index contributed by atoms with van der Waals surface area (Å²) in [4.78, 5) is 17.9. The summed E-state index contributed by atoms with van der Waals surface area (Å²) in [5.41, 5.74) is 2.28. The first kappa shape index (κ1) is 26.9. The first-order chi connectivity index (χ1) is 17.9. The van der Waals surface area contributed by atoms with Crippen molar-refractivity contribution in [3.05, 3.63) is 70.9 Å². The van der Waals surface area contributed by atoms with Gasteiger partial charge in [0.15, 0.2) is 0 Å². The zero-order chi connectivity index (χ0) is 26.2. The lowest BCUT2D eigenvalue weighted by Crippen LogP contribution is -2.41. The van der Waals surface area contributed by atoms with Crippen LogP contribution in [0.4, 0.5) is 4.39 Å². The Kier molecular flexibility index (Phi) is 9.38. The van der Waals surface area contributed by atoms with Crippen molar-refractivity contribution >= 4 is 28.5 Å². The maximum atomic E-state index is 15.5. The molecule has 194 valence electrons. The van der Waals surface area contributed by atoms with Gasteiger partial charge >= 0.3 is 5.97 Å². The molecule has 2 heterocycles. The number of carboxylic acids is 1. The molecule has 1 saturated heterocycles.